The second-order valence-corrected chi connectivity index (χ2v) is 31.3. The Kier molecular flexibility index (Phi) is 62.2. The van der Waals surface area contributed by atoms with Crippen molar-refractivity contribution in [3.63, 3.8) is 0 Å². The van der Waals surface area contributed by atoms with E-state index in [0.29, 0.717) is 31.6 Å². The highest BCUT2D eigenvalue weighted by atomic mass is 31.2. The van der Waals surface area contributed by atoms with Crippen molar-refractivity contribution in [2.75, 3.05) is 39.6 Å². The van der Waals surface area contributed by atoms with E-state index in [2.05, 4.69) is 55.4 Å². The number of aliphatic hydroxyl groups excluding tert-OH is 1. The molecule has 0 aromatic heterocycles. The molecule has 0 radical (unpaired) electrons. The van der Waals surface area contributed by atoms with Gasteiger partial charge in [0.05, 0.1) is 26.4 Å². The van der Waals surface area contributed by atoms with E-state index in [1.165, 1.54) is 173 Å². The molecule has 6 atom stereocenters. The number of aliphatic hydroxyl groups is 1. The summed E-state index contributed by atoms with van der Waals surface area (Å²) < 4.78 is 68.4. The van der Waals surface area contributed by atoms with Gasteiger partial charge < -0.3 is 33.8 Å². The van der Waals surface area contributed by atoms with Gasteiger partial charge in [-0.25, -0.2) is 9.13 Å². The average Bonchev–Trinajstić information content (AvgIpc) is 2.78. The molecule has 0 aromatic rings. The minimum Gasteiger partial charge on any atom is -0.462 e. The van der Waals surface area contributed by atoms with Crippen LogP contribution in [0.25, 0.3) is 0 Å². The Labute approximate surface area is 568 Å². The molecule has 552 valence electrons. The van der Waals surface area contributed by atoms with Gasteiger partial charge in [0, 0.05) is 25.7 Å². The average molecular weight is 1370 g/mol. The first-order chi connectivity index (χ1) is 44.6. The summed E-state index contributed by atoms with van der Waals surface area (Å²) in [6.07, 6.45) is 47.4. The maximum Gasteiger partial charge on any atom is 0.472 e. The maximum atomic E-state index is 13.1. The molecule has 0 aromatic carbocycles. The highest BCUT2D eigenvalue weighted by molar-refractivity contribution is 7.47. The Bertz CT molecular complexity index is 1840. The number of rotatable bonds is 71. The van der Waals surface area contributed by atoms with Gasteiger partial charge in [-0.05, 0) is 49.4 Å². The summed E-state index contributed by atoms with van der Waals surface area (Å²) >= 11 is 0. The highest BCUT2D eigenvalue weighted by Gasteiger charge is 2.30. The van der Waals surface area contributed by atoms with Crippen LogP contribution < -0.4 is 0 Å². The third kappa shape index (κ3) is 67.0. The van der Waals surface area contributed by atoms with Crippen LogP contribution in [0.1, 0.15) is 370 Å². The Morgan fingerprint density at radius 1 is 0.301 bits per heavy atom. The van der Waals surface area contributed by atoms with Crippen molar-refractivity contribution in [2.24, 2.45) is 23.7 Å². The van der Waals surface area contributed by atoms with E-state index >= 15 is 0 Å². The van der Waals surface area contributed by atoms with Crippen molar-refractivity contribution in [1.29, 1.82) is 0 Å². The molecule has 0 aliphatic heterocycles. The Hall–Kier alpha value is -1.94. The standard InChI is InChI=1S/C74H144O17P2/c1-9-67(8)53-45-37-28-21-17-12-10-11-13-19-23-31-40-48-56-73(78)90-69(60-84-71(76)54-46-38-29-22-18-15-14-16-20-26-34-42-50-64(2)3)62-88-92(80,81)86-58-68(75)59-87-93(82,83)89-63-70(91-74(79)57-49-41-33-32-36-44-52-66(6)7)61-85-72(77)55-47-39-30-25-24-27-35-43-51-65(4)5/h64-70,75H,9-63H2,1-8H3,(H,80,81)(H,82,83)/t67?,68?,69-,70-/m1/s1. The second kappa shape index (κ2) is 63.5. The fourth-order valence-electron chi connectivity index (χ4n) is 11.2. The molecule has 0 bridgehead atoms. The van der Waals surface area contributed by atoms with Crippen molar-refractivity contribution in [3.8, 4) is 0 Å². The molecule has 0 aliphatic rings. The van der Waals surface area contributed by atoms with E-state index < -0.39 is 97.5 Å². The Morgan fingerprint density at radius 3 is 0.763 bits per heavy atom. The fourth-order valence-corrected chi connectivity index (χ4v) is 12.7. The first-order valence-electron chi connectivity index (χ1n) is 38.2. The molecular weight excluding hydrogens is 1220 g/mol. The SMILES string of the molecule is CCC(C)CCCCCCCCCCCCCCCCC(=O)O[C@H](COC(=O)CCCCCCCCCCCCCCC(C)C)COP(=O)(O)OCC(O)COP(=O)(O)OC[C@@H](COC(=O)CCCCCCCCCCC(C)C)OC(=O)CCCCCCCCC(C)C. The predicted octanol–water partition coefficient (Wildman–Crippen LogP) is 21.3. The van der Waals surface area contributed by atoms with Crippen molar-refractivity contribution < 1.29 is 80.2 Å². The van der Waals surface area contributed by atoms with Crippen LogP contribution in [0.3, 0.4) is 0 Å². The molecule has 17 nitrogen and oxygen atoms in total. The van der Waals surface area contributed by atoms with Crippen LogP contribution >= 0.6 is 15.6 Å². The van der Waals surface area contributed by atoms with E-state index in [9.17, 15) is 43.2 Å². The Balaban J connectivity index is 5.23. The van der Waals surface area contributed by atoms with E-state index in [0.717, 1.165) is 108 Å². The molecule has 3 N–H and O–H groups in total. The van der Waals surface area contributed by atoms with E-state index in [1.54, 1.807) is 0 Å². The van der Waals surface area contributed by atoms with Crippen LogP contribution in [0, 0.1) is 23.7 Å². The normalized spacial score (nSPS) is 14.5. The molecule has 93 heavy (non-hydrogen) atoms. The molecule has 0 amide bonds. The molecule has 0 aliphatic carbocycles. The molecule has 19 heteroatoms. The van der Waals surface area contributed by atoms with Gasteiger partial charge in [0.25, 0.3) is 0 Å². The van der Waals surface area contributed by atoms with Crippen molar-refractivity contribution in [2.45, 2.75) is 388 Å². The fraction of sp³-hybridized carbons (Fsp3) is 0.946. The van der Waals surface area contributed by atoms with Crippen LogP contribution in [-0.4, -0.2) is 96.7 Å². The van der Waals surface area contributed by atoms with E-state index in [-0.39, 0.29) is 25.7 Å². The summed E-state index contributed by atoms with van der Waals surface area (Å²) in [6, 6.07) is 0. The summed E-state index contributed by atoms with van der Waals surface area (Å²) in [4.78, 5) is 72.7. The van der Waals surface area contributed by atoms with Crippen LogP contribution in [0.15, 0.2) is 0 Å². The zero-order chi connectivity index (χ0) is 68.9. The maximum absolute atomic E-state index is 13.1. The minimum atomic E-state index is -4.96. The molecule has 0 spiro atoms. The van der Waals surface area contributed by atoms with Gasteiger partial charge in [-0.3, -0.25) is 37.3 Å². The minimum absolute atomic E-state index is 0.101. The zero-order valence-corrected chi connectivity index (χ0v) is 62.7. The van der Waals surface area contributed by atoms with Crippen molar-refractivity contribution in [1.82, 2.24) is 0 Å². The summed E-state index contributed by atoms with van der Waals surface area (Å²) in [6.45, 7) is 14.1. The van der Waals surface area contributed by atoms with Crippen LogP contribution in [0.4, 0.5) is 0 Å². The smallest absolute Gasteiger partial charge is 0.462 e. The van der Waals surface area contributed by atoms with Gasteiger partial charge in [-0.2, -0.15) is 0 Å². The molecule has 0 rings (SSSR count). The molecule has 0 heterocycles. The number of phosphoric ester groups is 2. The molecular formula is C74H144O17P2. The number of hydrogen-bond donors (Lipinski definition) is 3. The summed E-state index contributed by atoms with van der Waals surface area (Å²) in [5, 5.41) is 10.6. The quantitative estimate of drug-likeness (QED) is 0.0222. The van der Waals surface area contributed by atoms with E-state index in [4.69, 9.17) is 37.0 Å². The molecule has 0 saturated heterocycles. The second-order valence-electron chi connectivity index (χ2n) is 28.4. The van der Waals surface area contributed by atoms with Crippen molar-refractivity contribution >= 4 is 39.5 Å². The summed E-state index contributed by atoms with van der Waals surface area (Å²) in [5.74, 6) is 0.895. The topological polar surface area (TPSA) is 237 Å². The van der Waals surface area contributed by atoms with Gasteiger partial charge in [-0.15, -0.1) is 0 Å². The number of hydrogen-bond acceptors (Lipinski definition) is 15. The van der Waals surface area contributed by atoms with Gasteiger partial charge in [-0.1, -0.05) is 319 Å². The lowest BCUT2D eigenvalue weighted by atomic mass is 9.99. The number of carbonyl (C=O) groups is 4. The number of unbranched alkanes of at least 4 members (excludes halogenated alkanes) is 36. The van der Waals surface area contributed by atoms with Crippen molar-refractivity contribution in [3.05, 3.63) is 0 Å². The number of carbonyl (C=O) groups excluding carboxylic acids is 4. The predicted molar refractivity (Wildman–Crippen MR) is 377 cm³/mol. The molecule has 0 saturated carbocycles. The lowest BCUT2D eigenvalue weighted by Crippen LogP contribution is -2.30. The summed E-state index contributed by atoms with van der Waals surface area (Å²) in [7, 11) is -9.91. The first-order valence-corrected chi connectivity index (χ1v) is 41.2. The van der Waals surface area contributed by atoms with Gasteiger partial charge in [0.2, 0.25) is 0 Å². The highest BCUT2D eigenvalue weighted by Crippen LogP contribution is 2.45. The first kappa shape index (κ1) is 91.1. The zero-order valence-electron chi connectivity index (χ0n) is 60.9. The van der Waals surface area contributed by atoms with E-state index in [1.807, 2.05) is 0 Å². The van der Waals surface area contributed by atoms with Crippen LogP contribution in [-0.2, 0) is 65.4 Å². The monoisotopic (exact) mass is 1370 g/mol. The van der Waals surface area contributed by atoms with Crippen LogP contribution in [0.2, 0.25) is 0 Å². The summed E-state index contributed by atoms with van der Waals surface area (Å²) in [5.41, 5.74) is 0. The lowest BCUT2D eigenvalue weighted by Gasteiger charge is -2.21. The Morgan fingerprint density at radius 2 is 0.516 bits per heavy atom. The number of esters is 4. The van der Waals surface area contributed by atoms with Crippen LogP contribution in [0.5, 0.6) is 0 Å². The third-order valence-electron chi connectivity index (χ3n) is 17.4. The van der Waals surface area contributed by atoms with Gasteiger partial charge >= 0.3 is 39.5 Å². The van der Waals surface area contributed by atoms with Gasteiger partial charge in [0.1, 0.15) is 19.3 Å². The molecule has 4 unspecified atom stereocenters. The third-order valence-corrected chi connectivity index (χ3v) is 19.3. The largest absolute Gasteiger partial charge is 0.472 e. The number of ether oxygens (including phenoxy) is 4. The molecule has 0 fully saturated rings. The van der Waals surface area contributed by atoms with Gasteiger partial charge in [0.15, 0.2) is 12.2 Å². The lowest BCUT2D eigenvalue weighted by molar-refractivity contribution is -0.161. The number of phosphoric acid groups is 2.